The summed E-state index contributed by atoms with van der Waals surface area (Å²) in [6, 6.07) is 8.94. The zero-order valence-corrected chi connectivity index (χ0v) is 15.9. The molecule has 0 spiro atoms. The number of carbonyl (C=O) groups is 2. The van der Waals surface area contributed by atoms with Crippen LogP contribution < -0.4 is 10.1 Å². The number of rotatable bonds is 7. The molecular weight excluding hydrogens is 379 g/mol. The lowest BCUT2D eigenvalue weighted by atomic mass is 10.2. The van der Waals surface area contributed by atoms with Gasteiger partial charge >= 0.3 is 5.97 Å². The van der Waals surface area contributed by atoms with Gasteiger partial charge in [-0.05, 0) is 32.0 Å². The summed E-state index contributed by atoms with van der Waals surface area (Å²) in [5.41, 5.74) is 1.64. The second kappa shape index (κ2) is 9.40. The van der Waals surface area contributed by atoms with Crippen molar-refractivity contribution in [3.8, 4) is 5.75 Å². The van der Waals surface area contributed by atoms with E-state index in [-0.39, 0.29) is 23.9 Å². The standard InChI is InChI=1S/C18H18Cl2N2O4/c1-11-3-5-13(6-4-11)25-8-7-17(24)26-10-16(23)22-18-15(20)9-14(19)12(2)21-18/h3-6,9H,7-8,10H2,1-2H3,(H,21,22,23). The molecule has 1 aromatic heterocycles. The van der Waals surface area contributed by atoms with Gasteiger partial charge in [0.05, 0.1) is 28.8 Å². The van der Waals surface area contributed by atoms with Crippen molar-refractivity contribution in [2.24, 2.45) is 0 Å². The Morgan fingerprint density at radius 3 is 2.50 bits per heavy atom. The van der Waals surface area contributed by atoms with Gasteiger partial charge in [0.15, 0.2) is 12.4 Å². The van der Waals surface area contributed by atoms with E-state index >= 15 is 0 Å². The molecule has 2 aromatic rings. The van der Waals surface area contributed by atoms with Gasteiger partial charge in [-0.1, -0.05) is 40.9 Å². The first-order valence-corrected chi connectivity index (χ1v) is 8.58. The summed E-state index contributed by atoms with van der Waals surface area (Å²) in [6.45, 7) is 3.37. The molecule has 8 heteroatoms. The minimum atomic E-state index is -0.547. The van der Waals surface area contributed by atoms with E-state index < -0.39 is 18.5 Å². The maximum atomic E-state index is 11.8. The molecule has 0 saturated heterocycles. The average molecular weight is 397 g/mol. The molecule has 2 rings (SSSR count). The number of hydrogen-bond donors (Lipinski definition) is 1. The van der Waals surface area contributed by atoms with Crippen LogP contribution in [0.1, 0.15) is 17.7 Å². The van der Waals surface area contributed by atoms with E-state index in [1.165, 1.54) is 6.07 Å². The van der Waals surface area contributed by atoms with Crippen LogP contribution in [0, 0.1) is 13.8 Å². The number of aromatic nitrogens is 1. The van der Waals surface area contributed by atoms with Gasteiger partial charge in [0, 0.05) is 0 Å². The van der Waals surface area contributed by atoms with Crippen molar-refractivity contribution in [2.75, 3.05) is 18.5 Å². The molecule has 1 heterocycles. The van der Waals surface area contributed by atoms with E-state index in [0.717, 1.165) is 5.56 Å². The average Bonchev–Trinajstić information content (AvgIpc) is 2.59. The van der Waals surface area contributed by atoms with Crippen LogP contribution >= 0.6 is 23.2 Å². The zero-order chi connectivity index (χ0) is 19.1. The normalized spacial score (nSPS) is 10.3. The van der Waals surface area contributed by atoms with Crippen LogP contribution in [-0.4, -0.2) is 30.1 Å². The molecule has 138 valence electrons. The summed E-state index contributed by atoms with van der Waals surface area (Å²) in [4.78, 5) is 27.6. The first-order valence-electron chi connectivity index (χ1n) is 7.82. The molecule has 6 nitrogen and oxygen atoms in total. The lowest BCUT2D eigenvalue weighted by Gasteiger charge is -2.09. The molecule has 0 saturated carbocycles. The topological polar surface area (TPSA) is 77.5 Å². The Hall–Kier alpha value is -2.31. The number of pyridine rings is 1. The Labute approximate surface area is 161 Å². The van der Waals surface area contributed by atoms with Crippen molar-refractivity contribution in [3.05, 3.63) is 51.6 Å². The fraction of sp³-hybridized carbons (Fsp3) is 0.278. The second-order valence-corrected chi connectivity index (χ2v) is 6.32. The maximum absolute atomic E-state index is 11.8. The highest BCUT2D eigenvalue weighted by atomic mass is 35.5. The fourth-order valence-electron chi connectivity index (χ4n) is 1.92. The van der Waals surface area contributed by atoms with Crippen LogP contribution in [0.5, 0.6) is 5.75 Å². The summed E-state index contributed by atoms with van der Waals surface area (Å²) in [6.07, 6.45) is 0.0280. The van der Waals surface area contributed by atoms with Crippen LogP contribution in [0.3, 0.4) is 0 Å². The molecule has 0 aliphatic rings. The molecule has 0 fully saturated rings. The minimum Gasteiger partial charge on any atom is -0.493 e. The molecule has 0 bridgehead atoms. The van der Waals surface area contributed by atoms with Crippen molar-refractivity contribution in [3.63, 3.8) is 0 Å². The Morgan fingerprint density at radius 2 is 1.81 bits per heavy atom. The summed E-state index contributed by atoms with van der Waals surface area (Å²) in [5.74, 6) is -0.259. The van der Waals surface area contributed by atoms with E-state index in [1.54, 1.807) is 6.92 Å². The maximum Gasteiger partial charge on any atom is 0.309 e. The molecule has 0 unspecified atom stereocenters. The van der Waals surface area contributed by atoms with Crippen molar-refractivity contribution in [1.29, 1.82) is 0 Å². The van der Waals surface area contributed by atoms with Gasteiger partial charge < -0.3 is 14.8 Å². The zero-order valence-electron chi connectivity index (χ0n) is 14.3. The number of esters is 1. The quantitative estimate of drug-likeness (QED) is 0.716. The predicted molar refractivity (Wildman–Crippen MR) is 99.9 cm³/mol. The summed E-state index contributed by atoms with van der Waals surface area (Å²) < 4.78 is 10.3. The number of ether oxygens (including phenoxy) is 2. The molecular formula is C18H18Cl2N2O4. The third-order valence-electron chi connectivity index (χ3n) is 3.32. The minimum absolute atomic E-state index is 0.0280. The van der Waals surface area contributed by atoms with E-state index in [9.17, 15) is 9.59 Å². The lowest BCUT2D eigenvalue weighted by Crippen LogP contribution is -2.22. The van der Waals surface area contributed by atoms with E-state index in [4.69, 9.17) is 32.7 Å². The Morgan fingerprint density at radius 1 is 1.12 bits per heavy atom. The number of anilines is 1. The number of halogens is 2. The number of amides is 1. The smallest absolute Gasteiger partial charge is 0.309 e. The van der Waals surface area contributed by atoms with Gasteiger partial charge in [0.25, 0.3) is 5.91 Å². The highest BCUT2D eigenvalue weighted by Crippen LogP contribution is 2.25. The number of nitrogens with one attached hydrogen (secondary N) is 1. The molecule has 1 amide bonds. The van der Waals surface area contributed by atoms with Crippen molar-refractivity contribution in [1.82, 2.24) is 4.98 Å². The van der Waals surface area contributed by atoms with Crippen molar-refractivity contribution >= 4 is 40.9 Å². The molecule has 0 radical (unpaired) electrons. The van der Waals surface area contributed by atoms with Gasteiger partial charge in [-0.25, -0.2) is 4.98 Å². The second-order valence-electron chi connectivity index (χ2n) is 5.51. The molecule has 0 aliphatic carbocycles. The molecule has 1 aromatic carbocycles. The predicted octanol–water partition coefficient (Wildman–Crippen LogP) is 3.96. The lowest BCUT2D eigenvalue weighted by molar-refractivity contribution is -0.147. The fourth-order valence-corrected chi connectivity index (χ4v) is 2.33. The van der Waals surface area contributed by atoms with E-state index in [2.05, 4.69) is 10.3 Å². The van der Waals surface area contributed by atoms with Gasteiger partial charge in [0.2, 0.25) is 0 Å². The SMILES string of the molecule is Cc1ccc(OCCC(=O)OCC(=O)Nc2nc(C)c(Cl)cc2Cl)cc1. The molecule has 0 aliphatic heterocycles. The number of nitrogens with zero attached hydrogens (tertiary/aromatic N) is 1. The first-order chi connectivity index (χ1) is 12.3. The van der Waals surface area contributed by atoms with Gasteiger partial charge in [-0.3, -0.25) is 9.59 Å². The van der Waals surface area contributed by atoms with Gasteiger partial charge in [-0.15, -0.1) is 0 Å². The number of aryl methyl sites for hydroxylation is 2. The largest absolute Gasteiger partial charge is 0.493 e. The number of carbonyl (C=O) groups excluding carboxylic acids is 2. The van der Waals surface area contributed by atoms with Crippen LogP contribution in [0.2, 0.25) is 10.0 Å². The number of hydrogen-bond acceptors (Lipinski definition) is 5. The van der Waals surface area contributed by atoms with Crippen molar-refractivity contribution < 1.29 is 19.1 Å². The Balaban J connectivity index is 1.72. The van der Waals surface area contributed by atoms with Gasteiger partial charge in [-0.2, -0.15) is 0 Å². The Kier molecular flexibility index (Phi) is 7.24. The Bertz CT molecular complexity index is 795. The van der Waals surface area contributed by atoms with E-state index in [0.29, 0.717) is 16.5 Å². The third kappa shape index (κ3) is 6.20. The molecule has 1 N–H and O–H groups in total. The monoisotopic (exact) mass is 396 g/mol. The number of benzene rings is 1. The van der Waals surface area contributed by atoms with E-state index in [1.807, 2.05) is 31.2 Å². The van der Waals surface area contributed by atoms with Crippen LogP contribution in [-0.2, 0) is 14.3 Å². The van der Waals surface area contributed by atoms with Crippen LogP contribution in [0.15, 0.2) is 30.3 Å². The van der Waals surface area contributed by atoms with Crippen LogP contribution in [0.4, 0.5) is 5.82 Å². The first kappa shape index (κ1) is 20.0. The summed E-state index contributed by atoms with van der Waals surface area (Å²) in [5, 5.41) is 3.07. The third-order valence-corrected chi connectivity index (χ3v) is 3.99. The summed E-state index contributed by atoms with van der Waals surface area (Å²) >= 11 is 11.8. The highest BCUT2D eigenvalue weighted by molar-refractivity contribution is 6.36. The van der Waals surface area contributed by atoms with Gasteiger partial charge in [0.1, 0.15) is 5.75 Å². The molecule has 0 atom stereocenters. The van der Waals surface area contributed by atoms with Crippen LogP contribution in [0.25, 0.3) is 0 Å². The summed E-state index contributed by atoms with van der Waals surface area (Å²) in [7, 11) is 0. The highest BCUT2D eigenvalue weighted by Gasteiger charge is 2.12. The molecule has 26 heavy (non-hydrogen) atoms. The van der Waals surface area contributed by atoms with Crippen molar-refractivity contribution in [2.45, 2.75) is 20.3 Å².